The molecular formula is C17H27N3O8S. The van der Waals surface area contributed by atoms with Crippen LogP contribution in [0.15, 0.2) is 25.3 Å². The Bertz CT molecular complexity index is 724. The van der Waals surface area contributed by atoms with Crippen LogP contribution in [0.3, 0.4) is 0 Å². The Hall–Kier alpha value is -2.60. The van der Waals surface area contributed by atoms with Crippen LogP contribution in [-0.2, 0) is 28.6 Å². The minimum atomic E-state index is -3.76. The minimum absolute atomic E-state index is 0.00431. The fraction of sp³-hybridized carbons (Fsp3) is 0.588. The van der Waals surface area contributed by atoms with Crippen LogP contribution in [0.4, 0.5) is 9.59 Å². The van der Waals surface area contributed by atoms with Gasteiger partial charge in [0.25, 0.3) is 10.1 Å². The van der Waals surface area contributed by atoms with Gasteiger partial charge in [0, 0.05) is 13.5 Å². The zero-order valence-electron chi connectivity index (χ0n) is 16.5. The molecule has 11 nitrogen and oxygen atoms in total. The van der Waals surface area contributed by atoms with E-state index < -0.39 is 46.4 Å². The normalized spacial score (nSPS) is 19.7. The van der Waals surface area contributed by atoms with Crippen LogP contribution in [-0.4, -0.2) is 82.2 Å². The van der Waals surface area contributed by atoms with Gasteiger partial charge in [-0.25, -0.2) is 9.59 Å². The van der Waals surface area contributed by atoms with Crippen molar-refractivity contribution in [2.24, 2.45) is 0 Å². The molecule has 1 aliphatic heterocycles. The van der Waals surface area contributed by atoms with Crippen molar-refractivity contribution in [3.05, 3.63) is 25.3 Å². The van der Waals surface area contributed by atoms with E-state index in [0.29, 0.717) is 0 Å². The molecule has 29 heavy (non-hydrogen) atoms. The van der Waals surface area contributed by atoms with Crippen LogP contribution < -0.4 is 10.6 Å². The summed E-state index contributed by atoms with van der Waals surface area (Å²) in [7, 11) is -3.76. The second-order valence-corrected chi connectivity index (χ2v) is 7.92. The van der Waals surface area contributed by atoms with Gasteiger partial charge in [-0.2, -0.15) is 8.42 Å². The van der Waals surface area contributed by atoms with Gasteiger partial charge in [-0.3, -0.25) is 8.98 Å². The number of carbonyl (C=O) groups excluding carboxylic acids is 3. The fourth-order valence-corrected chi connectivity index (χ4v) is 3.50. The number of ether oxygens (including phenoxy) is 2. The van der Waals surface area contributed by atoms with E-state index in [1.807, 2.05) is 0 Å². The van der Waals surface area contributed by atoms with Crippen molar-refractivity contribution < 1.29 is 36.5 Å². The standard InChI is InChI=1S/C17H27N3O8S/c1-5-7-26-16(22)18-10-14(19-12(3)21)15-9-13(28-29(4,24)25)11-20(15)17(23)27-8-6-2/h5-6,13-15H,1-2,7-11H2,3-4H3,(H,18,22)(H,19,21)/t13-,14?,15+/m1/s1. The predicted molar refractivity (Wildman–Crippen MR) is 104 cm³/mol. The molecule has 0 saturated carbocycles. The van der Waals surface area contributed by atoms with Gasteiger partial charge in [-0.1, -0.05) is 25.3 Å². The van der Waals surface area contributed by atoms with E-state index >= 15 is 0 Å². The SMILES string of the molecule is C=CCOC(=O)NCC(NC(C)=O)[C@@H]1C[C@@H](OS(C)(=O)=O)CN1C(=O)OCC=C. The van der Waals surface area contributed by atoms with Crippen molar-refractivity contribution in [2.45, 2.75) is 31.5 Å². The lowest BCUT2D eigenvalue weighted by Crippen LogP contribution is -2.55. The number of likely N-dealkylation sites (tertiary alicyclic amines) is 1. The van der Waals surface area contributed by atoms with E-state index in [0.717, 1.165) is 6.26 Å². The van der Waals surface area contributed by atoms with Gasteiger partial charge in [-0.05, 0) is 6.42 Å². The third-order valence-electron chi connectivity index (χ3n) is 3.83. The lowest BCUT2D eigenvalue weighted by Gasteiger charge is -2.31. The van der Waals surface area contributed by atoms with Crippen molar-refractivity contribution in [3.63, 3.8) is 0 Å². The largest absolute Gasteiger partial charge is 0.445 e. The predicted octanol–water partition coefficient (Wildman–Crippen LogP) is 0.145. The number of rotatable bonds is 10. The molecule has 1 unspecified atom stereocenters. The quantitative estimate of drug-likeness (QED) is 0.366. The zero-order chi connectivity index (χ0) is 22.0. The summed E-state index contributed by atoms with van der Waals surface area (Å²) in [5.74, 6) is -0.400. The van der Waals surface area contributed by atoms with Gasteiger partial charge in [-0.15, -0.1) is 0 Å². The molecular weight excluding hydrogens is 406 g/mol. The van der Waals surface area contributed by atoms with Gasteiger partial charge in [0.05, 0.1) is 31.0 Å². The molecule has 0 spiro atoms. The van der Waals surface area contributed by atoms with Gasteiger partial charge in [0.15, 0.2) is 0 Å². The number of hydrogen-bond donors (Lipinski definition) is 2. The molecule has 1 fully saturated rings. The highest BCUT2D eigenvalue weighted by molar-refractivity contribution is 7.86. The lowest BCUT2D eigenvalue weighted by atomic mass is 10.0. The second kappa shape index (κ2) is 11.4. The van der Waals surface area contributed by atoms with Crippen LogP contribution in [0, 0.1) is 0 Å². The first-order valence-corrected chi connectivity index (χ1v) is 10.6. The molecule has 1 heterocycles. The number of carbonyl (C=O) groups is 3. The highest BCUT2D eigenvalue weighted by Gasteiger charge is 2.42. The maximum atomic E-state index is 12.4. The summed E-state index contributed by atoms with van der Waals surface area (Å²) >= 11 is 0. The number of nitrogens with zero attached hydrogens (tertiary/aromatic N) is 1. The molecule has 1 rings (SSSR count). The first-order chi connectivity index (χ1) is 13.6. The molecule has 164 valence electrons. The molecule has 0 aromatic heterocycles. The summed E-state index contributed by atoms with van der Waals surface area (Å²) in [6, 6.07) is -1.43. The van der Waals surface area contributed by atoms with Gasteiger partial charge < -0.3 is 25.0 Å². The van der Waals surface area contributed by atoms with E-state index in [1.54, 1.807) is 0 Å². The lowest BCUT2D eigenvalue weighted by molar-refractivity contribution is -0.120. The monoisotopic (exact) mass is 433 g/mol. The van der Waals surface area contributed by atoms with E-state index in [4.69, 9.17) is 13.7 Å². The Kier molecular flexibility index (Phi) is 9.62. The number of nitrogens with one attached hydrogen (secondary N) is 2. The molecule has 1 aliphatic rings. The smallest absolute Gasteiger partial charge is 0.410 e. The number of hydrogen-bond acceptors (Lipinski definition) is 8. The second-order valence-electron chi connectivity index (χ2n) is 6.32. The summed E-state index contributed by atoms with van der Waals surface area (Å²) in [4.78, 5) is 37.0. The van der Waals surface area contributed by atoms with Gasteiger partial charge >= 0.3 is 12.2 Å². The third-order valence-corrected chi connectivity index (χ3v) is 4.45. The molecule has 12 heteroatoms. The first kappa shape index (κ1) is 24.4. The Morgan fingerprint density at radius 2 is 1.83 bits per heavy atom. The number of alkyl carbamates (subject to hydrolysis) is 1. The Labute approximate surface area is 170 Å². The zero-order valence-corrected chi connectivity index (χ0v) is 17.3. The summed E-state index contributed by atoms with van der Waals surface area (Å²) < 4.78 is 37.9. The van der Waals surface area contributed by atoms with Gasteiger partial charge in [0.1, 0.15) is 13.2 Å². The molecule has 3 atom stereocenters. The third kappa shape index (κ3) is 8.96. The highest BCUT2D eigenvalue weighted by atomic mass is 32.2. The molecule has 1 saturated heterocycles. The highest BCUT2D eigenvalue weighted by Crippen LogP contribution is 2.25. The average molecular weight is 433 g/mol. The van der Waals surface area contributed by atoms with Gasteiger partial charge in [0.2, 0.25) is 5.91 Å². The van der Waals surface area contributed by atoms with Crippen LogP contribution in [0.1, 0.15) is 13.3 Å². The summed E-state index contributed by atoms with van der Waals surface area (Å²) in [6.45, 7) is 8.00. The Morgan fingerprint density at radius 1 is 1.21 bits per heavy atom. The summed E-state index contributed by atoms with van der Waals surface area (Å²) in [5, 5.41) is 5.14. The fourth-order valence-electron chi connectivity index (χ4n) is 2.87. The maximum Gasteiger partial charge on any atom is 0.410 e. The van der Waals surface area contributed by atoms with Crippen LogP contribution in [0.25, 0.3) is 0 Å². The molecule has 0 bridgehead atoms. The van der Waals surface area contributed by atoms with Crippen molar-refractivity contribution in [1.82, 2.24) is 15.5 Å². The molecule has 0 aromatic carbocycles. The van der Waals surface area contributed by atoms with E-state index in [1.165, 1.54) is 24.0 Å². The molecule has 0 aliphatic carbocycles. The van der Waals surface area contributed by atoms with Crippen LogP contribution in [0.5, 0.6) is 0 Å². The Balaban J connectivity index is 2.98. The summed E-state index contributed by atoms with van der Waals surface area (Å²) in [6.07, 6.45) is 1.51. The van der Waals surface area contributed by atoms with Crippen molar-refractivity contribution in [1.29, 1.82) is 0 Å². The van der Waals surface area contributed by atoms with Crippen molar-refractivity contribution >= 4 is 28.2 Å². The topological polar surface area (TPSA) is 140 Å². The van der Waals surface area contributed by atoms with E-state index in [9.17, 15) is 22.8 Å². The van der Waals surface area contributed by atoms with Crippen LogP contribution >= 0.6 is 0 Å². The minimum Gasteiger partial charge on any atom is -0.445 e. The number of amides is 3. The first-order valence-electron chi connectivity index (χ1n) is 8.78. The maximum absolute atomic E-state index is 12.4. The molecule has 2 N–H and O–H groups in total. The molecule has 3 amide bonds. The molecule has 0 radical (unpaired) electrons. The van der Waals surface area contributed by atoms with Crippen molar-refractivity contribution in [3.8, 4) is 0 Å². The Morgan fingerprint density at radius 3 is 2.38 bits per heavy atom. The average Bonchev–Trinajstić information content (AvgIpc) is 3.02. The summed E-state index contributed by atoms with van der Waals surface area (Å²) in [5.41, 5.74) is 0. The van der Waals surface area contributed by atoms with E-state index in [-0.39, 0.29) is 32.7 Å². The van der Waals surface area contributed by atoms with E-state index in [2.05, 4.69) is 23.8 Å². The van der Waals surface area contributed by atoms with Crippen molar-refractivity contribution in [2.75, 3.05) is 32.6 Å². The molecule has 0 aromatic rings. The van der Waals surface area contributed by atoms with Crippen LogP contribution in [0.2, 0.25) is 0 Å².